The van der Waals surface area contributed by atoms with Crippen LogP contribution in [0.3, 0.4) is 0 Å². The second-order valence-electron chi connectivity index (χ2n) is 4.82. The largest absolute Gasteiger partial charge is 0.493 e. The third kappa shape index (κ3) is 4.40. The van der Waals surface area contributed by atoms with Crippen LogP contribution in [0, 0.1) is 6.92 Å². The molecule has 1 rings (SSSR count). The van der Waals surface area contributed by atoms with Gasteiger partial charge in [-0.1, -0.05) is 18.2 Å². The SMILES string of the molecule is Cc1ccccc1OCCCC(=O)N(C)C(C)C. The fourth-order valence-corrected chi connectivity index (χ4v) is 1.59. The van der Waals surface area contributed by atoms with Crippen molar-refractivity contribution < 1.29 is 9.53 Å². The molecule has 0 unspecified atom stereocenters. The van der Waals surface area contributed by atoms with Crippen LogP contribution < -0.4 is 4.74 Å². The summed E-state index contributed by atoms with van der Waals surface area (Å²) >= 11 is 0. The highest BCUT2D eigenvalue weighted by atomic mass is 16.5. The monoisotopic (exact) mass is 249 g/mol. The summed E-state index contributed by atoms with van der Waals surface area (Å²) in [4.78, 5) is 13.5. The van der Waals surface area contributed by atoms with Crippen molar-refractivity contribution >= 4 is 5.91 Å². The van der Waals surface area contributed by atoms with Crippen molar-refractivity contribution in [3.8, 4) is 5.75 Å². The van der Waals surface area contributed by atoms with E-state index in [1.165, 1.54) is 0 Å². The van der Waals surface area contributed by atoms with Crippen LogP contribution in [-0.4, -0.2) is 30.5 Å². The molecule has 0 heterocycles. The van der Waals surface area contributed by atoms with E-state index in [2.05, 4.69) is 0 Å². The average molecular weight is 249 g/mol. The molecule has 0 saturated carbocycles. The third-order valence-electron chi connectivity index (χ3n) is 3.05. The summed E-state index contributed by atoms with van der Waals surface area (Å²) in [6.07, 6.45) is 1.30. The second kappa shape index (κ2) is 7.04. The zero-order valence-electron chi connectivity index (χ0n) is 11.8. The van der Waals surface area contributed by atoms with Gasteiger partial charge in [0.2, 0.25) is 5.91 Å². The molecule has 1 aromatic rings. The van der Waals surface area contributed by atoms with Crippen molar-refractivity contribution in [2.24, 2.45) is 0 Å². The Balaban J connectivity index is 2.27. The van der Waals surface area contributed by atoms with Gasteiger partial charge in [-0.3, -0.25) is 4.79 Å². The van der Waals surface area contributed by atoms with Gasteiger partial charge in [0.1, 0.15) is 5.75 Å². The van der Waals surface area contributed by atoms with E-state index in [0.717, 1.165) is 17.7 Å². The van der Waals surface area contributed by atoms with E-state index in [1.54, 1.807) is 4.90 Å². The maximum absolute atomic E-state index is 11.7. The van der Waals surface area contributed by atoms with E-state index < -0.39 is 0 Å². The highest BCUT2D eigenvalue weighted by molar-refractivity contribution is 5.76. The van der Waals surface area contributed by atoms with Gasteiger partial charge >= 0.3 is 0 Å². The number of hydrogen-bond acceptors (Lipinski definition) is 2. The van der Waals surface area contributed by atoms with Crippen LogP contribution in [0.5, 0.6) is 5.75 Å². The Morgan fingerprint density at radius 1 is 1.33 bits per heavy atom. The van der Waals surface area contributed by atoms with Crippen LogP contribution in [0.2, 0.25) is 0 Å². The number of carbonyl (C=O) groups is 1. The van der Waals surface area contributed by atoms with Gasteiger partial charge in [0, 0.05) is 19.5 Å². The minimum absolute atomic E-state index is 0.179. The molecule has 0 N–H and O–H groups in total. The minimum atomic E-state index is 0.179. The Kier molecular flexibility index (Phi) is 5.69. The van der Waals surface area contributed by atoms with Crippen LogP contribution in [-0.2, 0) is 4.79 Å². The molecule has 0 spiro atoms. The van der Waals surface area contributed by atoms with E-state index in [1.807, 2.05) is 52.1 Å². The molecular formula is C15H23NO2. The Hall–Kier alpha value is -1.51. The maximum atomic E-state index is 11.7. The van der Waals surface area contributed by atoms with Gasteiger partial charge in [-0.15, -0.1) is 0 Å². The molecule has 1 amide bonds. The van der Waals surface area contributed by atoms with Gasteiger partial charge in [0.15, 0.2) is 0 Å². The Bertz CT molecular complexity index is 388. The van der Waals surface area contributed by atoms with E-state index in [4.69, 9.17) is 4.74 Å². The van der Waals surface area contributed by atoms with Crippen molar-refractivity contribution in [3.05, 3.63) is 29.8 Å². The lowest BCUT2D eigenvalue weighted by Crippen LogP contribution is -2.32. The molecule has 0 aliphatic heterocycles. The molecular weight excluding hydrogens is 226 g/mol. The van der Waals surface area contributed by atoms with Crippen molar-refractivity contribution in [2.75, 3.05) is 13.7 Å². The van der Waals surface area contributed by atoms with Crippen molar-refractivity contribution in [1.82, 2.24) is 4.90 Å². The van der Waals surface area contributed by atoms with E-state index >= 15 is 0 Å². The standard InChI is InChI=1S/C15H23NO2/c1-12(2)16(4)15(17)10-7-11-18-14-9-6-5-8-13(14)3/h5-6,8-9,12H,7,10-11H2,1-4H3. The molecule has 0 atom stereocenters. The fourth-order valence-electron chi connectivity index (χ4n) is 1.59. The van der Waals surface area contributed by atoms with Crippen LogP contribution in [0.4, 0.5) is 0 Å². The predicted molar refractivity (Wildman–Crippen MR) is 73.8 cm³/mol. The van der Waals surface area contributed by atoms with Crippen LogP contribution in [0.1, 0.15) is 32.3 Å². The first-order valence-corrected chi connectivity index (χ1v) is 6.46. The lowest BCUT2D eigenvalue weighted by Gasteiger charge is -2.21. The summed E-state index contributed by atoms with van der Waals surface area (Å²) in [6, 6.07) is 8.18. The molecule has 3 heteroatoms. The highest BCUT2D eigenvalue weighted by Crippen LogP contribution is 2.16. The summed E-state index contributed by atoms with van der Waals surface area (Å²) in [7, 11) is 1.84. The second-order valence-corrected chi connectivity index (χ2v) is 4.82. The van der Waals surface area contributed by atoms with Gasteiger partial charge in [-0.2, -0.15) is 0 Å². The zero-order chi connectivity index (χ0) is 13.5. The van der Waals surface area contributed by atoms with Crippen molar-refractivity contribution in [1.29, 1.82) is 0 Å². The number of amides is 1. The van der Waals surface area contributed by atoms with Crippen LogP contribution >= 0.6 is 0 Å². The van der Waals surface area contributed by atoms with Gasteiger partial charge < -0.3 is 9.64 Å². The predicted octanol–water partition coefficient (Wildman–Crippen LogP) is 3.02. The Labute approximate surface area is 110 Å². The summed E-state index contributed by atoms with van der Waals surface area (Å²) < 4.78 is 5.66. The molecule has 0 fully saturated rings. The minimum Gasteiger partial charge on any atom is -0.493 e. The Morgan fingerprint density at radius 3 is 2.61 bits per heavy atom. The normalized spacial score (nSPS) is 10.5. The molecule has 100 valence electrons. The van der Waals surface area contributed by atoms with Crippen molar-refractivity contribution in [3.63, 3.8) is 0 Å². The van der Waals surface area contributed by atoms with E-state index in [0.29, 0.717) is 13.0 Å². The number of nitrogens with zero attached hydrogens (tertiary/aromatic N) is 1. The van der Waals surface area contributed by atoms with E-state index in [-0.39, 0.29) is 11.9 Å². The average Bonchev–Trinajstić information content (AvgIpc) is 2.35. The number of benzene rings is 1. The fraction of sp³-hybridized carbons (Fsp3) is 0.533. The number of aryl methyl sites for hydroxylation is 1. The maximum Gasteiger partial charge on any atom is 0.222 e. The molecule has 0 aromatic heterocycles. The number of rotatable bonds is 6. The van der Waals surface area contributed by atoms with Gasteiger partial charge in [-0.05, 0) is 38.8 Å². The topological polar surface area (TPSA) is 29.5 Å². The number of ether oxygens (including phenoxy) is 1. The molecule has 1 aromatic carbocycles. The number of carbonyl (C=O) groups excluding carboxylic acids is 1. The van der Waals surface area contributed by atoms with Gasteiger partial charge in [0.05, 0.1) is 6.61 Å². The molecule has 0 radical (unpaired) electrons. The van der Waals surface area contributed by atoms with E-state index in [9.17, 15) is 4.79 Å². The first-order chi connectivity index (χ1) is 8.52. The zero-order valence-corrected chi connectivity index (χ0v) is 11.8. The third-order valence-corrected chi connectivity index (χ3v) is 3.05. The first-order valence-electron chi connectivity index (χ1n) is 6.46. The van der Waals surface area contributed by atoms with Gasteiger partial charge in [0.25, 0.3) is 0 Å². The Morgan fingerprint density at radius 2 is 2.00 bits per heavy atom. The number of para-hydroxylation sites is 1. The lowest BCUT2D eigenvalue weighted by molar-refractivity contribution is -0.131. The van der Waals surface area contributed by atoms with Crippen LogP contribution in [0.15, 0.2) is 24.3 Å². The molecule has 0 saturated heterocycles. The lowest BCUT2D eigenvalue weighted by atomic mass is 10.2. The molecule has 0 bridgehead atoms. The summed E-state index contributed by atoms with van der Waals surface area (Å²) in [5, 5.41) is 0. The first kappa shape index (κ1) is 14.6. The molecule has 0 aliphatic rings. The summed E-state index contributed by atoms with van der Waals surface area (Å²) in [5.74, 6) is 1.08. The smallest absolute Gasteiger partial charge is 0.222 e. The van der Waals surface area contributed by atoms with Gasteiger partial charge in [-0.25, -0.2) is 0 Å². The summed E-state index contributed by atoms with van der Waals surface area (Å²) in [6.45, 7) is 6.64. The van der Waals surface area contributed by atoms with Crippen molar-refractivity contribution in [2.45, 2.75) is 39.7 Å². The molecule has 18 heavy (non-hydrogen) atoms. The molecule has 3 nitrogen and oxygen atoms in total. The molecule has 0 aliphatic carbocycles. The summed E-state index contributed by atoms with van der Waals surface area (Å²) in [5.41, 5.74) is 1.13. The quantitative estimate of drug-likeness (QED) is 0.725. The van der Waals surface area contributed by atoms with Crippen LogP contribution in [0.25, 0.3) is 0 Å². The number of hydrogen-bond donors (Lipinski definition) is 0. The highest BCUT2D eigenvalue weighted by Gasteiger charge is 2.11.